The van der Waals surface area contributed by atoms with Gasteiger partial charge < -0.3 is 10.8 Å². The van der Waals surface area contributed by atoms with Crippen molar-refractivity contribution in [2.75, 3.05) is 0 Å². The van der Waals surface area contributed by atoms with E-state index in [1.165, 1.54) is 0 Å². The van der Waals surface area contributed by atoms with Gasteiger partial charge in [-0.3, -0.25) is 0 Å². The van der Waals surface area contributed by atoms with Crippen LogP contribution in [0.5, 0.6) is 0 Å². The highest BCUT2D eigenvalue weighted by Gasteiger charge is 2.00. The molecule has 0 saturated carbocycles. The number of hydrogen-bond acceptors (Lipinski definition) is 2. The standard InChI is InChI=1S/C9H12N2O/c10-8-4-1-2-6-9(12)11-7-3-5-8/h1-5,7,9,12H,6,10H2/p+1. The Balaban J connectivity index is 2.72. The van der Waals surface area contributed by atoms with Gasteiger partial charge in [0.15, 0.2) is 6.21 Å². The second kappa shape index (κ2) is 4.51. The molecule has 0 aromatic carbocycles. The molecule has 64 valence electrons. The van der Waals surface area contributed by atoms with Gasteiger partial charge in [-0.2, -0.15) is 0 Å². The van der Waals surface area contributed by atoms with Crippen molar-refractivity contribution < 1.29 is 10.1 Å². The van der Waals surface area contributed by atoms with E-state index in [1.807, 2.05) is 12.2 Å². The maximum Gasteiger partial charge on any atom is 0.256 e. The van der Waals surface area contributed by atoms with Crippen LogP contribution in [-0.2, 0) is 0 Å². The van der Waals surface area contributed by atoms with Crippen molar-refractivity contribution in [3.63, 3.8) is 0 Å². The predicted octanol–water partition coefficient (Wildman–Crippen LogP) is -1.19. The Hall–Kier alpha value is -1.35. The van der Waals surface area contributed by atoms with Crippen molar-refractivity contribution in [1.82, 2.24) is 0 Å². The van der Waals surface area contributed by atoms with Gasteiger partial charge in [0.05, 0.1) is 6.42 Å². The van der Waals surface area contributed by atoms with Crippen LogP contribution in [0.15, 0.2) is 36.1 Å². The number of aliphatic hydroxyl groups is 1. The first-order chi connectivity index (χ1) is 5.79. The summed E-state index contributed by atoms with van der Waals surface area (Å²) in [6.07, 6.45) is 10.7. The van der Waals surface area contributed by atoms with Crippen molar-refractivity contribution >= 4 is 6.21 Å². The van der Waals surface area contributed by atoms with Crippen LogP contribution >= 0.6 is 0 Å². The first-order valence-corrected chi connectivity index (χ1v) is 3.85. The molecule has 0 fully saturated rings. The van der Waals surface area contributed by atoms with Gasteiger partial charge >= 0.3 is 0 Å². The average molecular weight is 165 g/mol. The summed E-state index contributed by atoms with van der Waals surface area (Å²) in [4.78, 5) is 2.78. The zero-order chi connectivity index (χ0) is 8.81. The van der Waals surface area contributed by atoms with Gasteiger partial charge in [0.1, 0.15) is 0 Å². The van der Waals surface area contributed by atoms with Crippen LogP contribution in [0.4, 0.5) is 0 Å². The molecular weight excluding hydrogens is 152 g/mol. The van der Waals surface area contributed by atoms with Crippen molar-refractivity contribution in [3.05, 3.63) is 36.1 Å². The summed E-state index contributed by atoms with van der Waals surface area (Å²) >= 11 is 0. The van der Waals surface area contributed by atoms with Gasteiger partial charge in [-0.1, -0.05) is 12.2 Å². The van der Waals surface area contributed by atoms with Gasteiger partial charge in [-0.25, -0.2) is 4.99 Å². The number of allylic oxidation sites excluding steroid dienone is 4. The van der Waals surface area contributed by atoms with E-state index in [0.29, 0.717) is 12.1 Å². The summed E-state index contributed by atoms with van der Waals surface area (Å²) in [6, 6.07) is 0. The molecule has 1 aliphatic rings. The molecule has 0 radical (unpaired) electrons. The molecule has 3 heteroatoms. The molecule has 1 unspecified atom stereocenters. The second-order valence-corrected chi connectivity index (χ2v) is 2.54. The predicted molar refractivity (Wildman–Crippen MR) is 48.2 cm³/mol. The van der Waals surface area contributed by atoms with Crippen LogP contribution in [-0.4, -0.2) is 17.5 Å². The molecule has 12 heavy (non-hydrogen) atoms. The Morgan fingerprint density at radius 2 is 2.33 bits per heavy atom. The third kappa shape index (κ3) is 3.16. The molecule has 3 nitrogen and oxygen atoms in total. The Bertz CT molecular complexity index is 251. The van der Waals surface area contributed by atoms with Crippen LogP contribution < -0.4 is 10.7 Å². The van der Waals surface area contributed by atoms with Gasteiger partial charge in [-0.05, 0) is 12.2 Å². The summed E-state index contributed by atoms with van der Waals surface area (Å²) in [5, 5.41) is 9.22. The van der Waals surface area contributed by atoms with E-state index in [2.05, 4.69) is 4.99 Å². The molecule has 1 rings (SSSR count). The van der Waals surface area contributed by atoms with E-state index in [1.54, 1.807) is 24.4 Å². The lowest BCUT2D eigenvalue weighted by Crippen LogP contribution is -2.76. The number of hydrogen-bond donors (Lipinski definition) is 3. The van der Waals surface area contributed by atoms with Gasteiger partial charge in [0.2, 0.25) is 0 Å². The number of nitrogens with two attached hydrogens (primary N) is 1. The van der Waals surface area contributed by atoms with Gasteiger partial charge in [0.25, 0.3) is 6.23 Å². The second-order valence-electron chi connectivity index (χ2n) is 2.54. The Labute approximate surface area is 71.6 Å². The normalized spacial score (nSPS) is 23.8. The van der Waals surface area contributed by atoms with Gasteiger partial charge in [-0.15, -0.1) is 0 Å². The largest absolute Gasteiger partial charge is 0.399 e. The molecule has 1 heterocycles. The maximum atomic E-state index is 9.22. The van der Waals surface area contributed by atoms with E-state index >= 15 is 0 Å². The van der Waals surface area contributed by atoms with Crippen LogP contribution in [0.25, 0.3) is 0 Å². The molecular formula is C9H13N2O+. The monoisotopic (exact) mass is 165 g/mol. The van der Waals surface area contributed by atoms with Crippen molar-refractivity contribution in [1.29, 1.82) is 0 Å². The first kappa shape index (κ1) is 8.74. The topological polar surface area (TPSA) is 60.2 Å². The minimum atomic E-state index is -0.515. The number of rotatable bonds is 0. The lowest BCUT2D eigenvalue weighted by atomic mass is 10.3. The molecule has 1 atom stereocenters. The summed E-state index contributed by atoms with van der Waals surface area (Å²) in [5.41, 5.74) is 6.27. The summed E-state index contributed by atoms with van der Waals surface area (Å²) < 4.78 is 0. The van der Waals surface area contributed by atoms with Crippen LogP contribution in [0.3, 0.4) is 0 Å². The zero-order valence-corrected chi connectivity index (χ0v) is 6.77. The highest BCUT2D eigenvalue weighted by Crippen LogP contribution is 1.90. The Kier molecular flexibility index (Phi) is 3.29. The smallest absolute Gasteiger partial charge is 0.256 e. The number of aliphatic hydroxyl groups excluding tert-OH is 1. The molecule has 0 aliphatic carbocycles. The minimum absolute atomic E-state index is 0.515. The summed E-state index contributed by atoms with van der Waals surface area (Å²) in [6.45, 7) is 0. The van der Waals surface area contributed by atoms with Crippen molar-refractivity contribution in [3.8, 4) is 0 Å². The molecule has 0 aromatic heterocycles. The molecule has 0 aromatic rings. The zero-order valence-electron chi connectivity index (χ0n) is 6.77. The number of nitrogens with one attached hydrogen (secondary N) is 1. The third-order valence-corrected chi connectivity index (χ3v) is 1.46. The summed E-state index contributed by atoms with van der Waals surface area (Å²) in [5.74, 6) is 0. The Morgan fingerprint density at radius 3 is 3.17 bits per heavy atom. The quantitative estimate of drug-likeness (QED) is 0.423. The highest BCUT2D eigenvalue weighted by molar-refractivity contribution is 5.66. The fourth-order valence-corrected chi connectivity index (χ4v) is 0.836. The van der Waals surface area contributed by atoms with E-state index < -0.39 is 6.23 Å². The molecule has 4 N–H and O–H groups in total. The Morgan fingerprint density at radius 1 is 1.50 bits per heavy atom. The fraction of sp³-hybridized carbons (Fsp3) is 0.222. The molecule has 0 bridgehead atoms. The molecule has 1 aliphatic heterocycles. The molecule has 0 amide bonds. The van der Waals surface area contributed by atoms with E-state index in [-0.39, 0.29) is 0 Å². The maximum absolute atomic E-state index is 9.22. The highest BCUT2D eigenvalue weighted by atomic mass is 16.3. The van der Waals surface area contributed by atoms with Crippen LogP contribution in [0.2, 0.25) is 0 Å². The lowest BCUT2D eigenvalue weighted by Gasteiger charge is -1.94. The molecule has 0 saturated heterocycles. The van der Waals surface area contributed by atoms with E-state index in [0.717, 1.165) is 0 Å². The van der Waals surface area contributed by atoms with E-state index in [4.69, 9.17) is 5.73 Å². The lowest BCUT2D eigenvalue weighted by molar-refractivity contribution is -0.549. The SMILES string of the molecule is NC1=CC=CCC(O)[NH+]=CC=C1. The average Bonchev–Trinajstić information content (AvgIpc) is 2.06. The van der Waals surface area contributed by atoms with Crippen molar-refractivity contribution in [2.24, 2.45) is 5.73 Å². The van der Waals surface area contributed by atoms with Crippen LogP contribution in [0, 0.1) is 0 Å². The van der Waals surface area contributed by atoms with E-state index in [9.17, 15) is 5.11 Å². The summed E-state index contributed by atoms with van der Waals surface area (Å²) in [7, 11) is 0. The first-order valence-electron chi connectivity index (χ1n) is 3.85. The minimum Gasteiger partial charge on any atom is -0.399 e. The van der Waals surface area contributed by atoms with Gasteiger partial charge in [0, 0.05) is 11.8 Å². The fourth-order valence-electron chi connectivity index (χ4n) is 0.836. The molecule has 0 spiro atoms. The van der Waals surface area contributed by atoms with Crippen LogP contribution in [0.1, 0.15) is 6.42 Å². The van der Waals surface area contributed by atoms with Crippen molar-refractivity contribution in [2.45, 2.75) is 12.6 Å². The third-order valence-electron chi connectivity index (χ3n) is 1.46.